The first-order valence-electron chi connectivity index (χ1n) is 14.2. The van der Waals surface area contributed by atoms with E-state index >= 15 is 8.78 Å². The van der Waals surface area contributed by atoms with Crippen LogP contribution in [0.1, 0.15) is 18.1 Å². The number of carbonyl (C=O) groups is 1. The van der Waals surface area contributed by atoms with Crippen LogP contribution in [0.15, 0.2) is 59.9 Å². The number of nitrogens with zero attached hydrogens (tertiary/aromatic N) is 6. The van der Waals surface area contributed by atoms with Gasteiger partial charge in [0.25, 0.3) is 0 Å². The van der Waals surface area contributed by atoms with Crippen LogP contribution in [0.25, 0.3) is 28.0 Å². The Morgan fingerprint density at radius 2 is 1.77 bits per heavy atom. The second-order valence-electron chi connectivity index (χ2n) is 11.1. The van der Waals surface area contributed by atoms with Gasteiger partial charge in [0.1, 0.15) is 17.3 Å². The average Bonchev–Trinajstić information content (AvgIpc) is 2.99. The molecule has 1 atom stereocenters. The molecule has 0 spiro atoms. The maximum absolute atomic E-state index is 16.0. The second-order valence-corrected chi connectivity index (χ2v) is 13.1. The first-order chi connectivity index (χ1) is 21.9. The van der Waals surface area contributed by atoms with Crippen molar-refractivity contribution in [2.45, 2.75) is 26.1 Å². The fourth-order valence-corrected chi connectivity index (χ4v) is 6.18. The molecule has 0 bridgehead atoms. The summed E-state index contributed by atoms with van der Waals surface area (Å²) in [6.45, 7) is 7.27. The highest BCUT2D eigenvalue weighted by Crippen LogP contribution is 2.40. The minimum atomic E-state index is -5.09. The number of benzene rings is 2. The van der Waals surface area contributed by atoms with Crippen LogP contribution in [0.3, 0.4) is 0 Å². The Labute approximate surface area is 266 Å². The monoisotopic (exact) mass is 676 g/mol. The van der Waals surface area contributed by atoms with Crippen LogP contribution >= 0.6 is 0 Å². The molecular weight excluding hydrogens is 647 g/mol. The summed E-state index contributed by atoms with van der Waals surface area (Å²) in [6, 6.07) is 6.98. The van der Waals surface area contributed by atoms with E-state index in [1.165, 1.54) is 24.1 Å². The molecule has 2 aromatic carbocycles. The fourth-order valence-electron chi connectivity index (χ4n) is 5.67. The number of aromatic nitrogens is 3. The number of aryl methyl sites for hydroxylation is 1. The smallest absolute Gasteiger partial charge is 0.350 e. The number of halogens is 5. The van der Waals surface area contributed by atoms with E-state index in [1.807, 2.05) is 0 Å². The SMILES string of the molecule is C=CC(=O)N1CCN(c2nc(=O)n(-c3c(C)cccc3N(C)S(C)(=O)=O)c3nc(-c4c(F)cccc4C(F)(F)F)c(F)cc23)[C@@H](C)C1. The molecule has 248 valence electrons. The van der Waals surface area contributed by atoms with Crippen molar-refractivity contribution in [2.75, 3.05) is 42.1 Å². The number of piperazine rings is 1. The third kappa shape index (κ3) is 6.04. The van der Waals surface area contributed by atoms with Crippen molar-refractivity contribution < 1.29 is 35.2 Å². The number of sulfonamides is 1. The van der Waals surface area contributed by atoms with Gasteiger partial charge in [-0.1, -0.05) is 24.8 Å². The van der Waals surface area contributed by atoms with E-state index in [0.717, 1.165) is 39.4 Å². The van der Waals surface area contributed by atoms with E-state index in [4.69, 9.17) is 0 Å². The zero-order valence-corrected chi connectivity index (χ0v) is 26.5. The normalized spacial score (nSPS) is 15.6. The molecule has 3 heterocycles. The summed E-state index contributed by atoms with van der Waals surface area (Å²) in [5.74, 6) is -3.13. The van der Waals surface area contributed by atoms with Crippen molar-refractivity contribution in [3.63, 3.8) is 0 Å². The Kier molecular flexibility index (Phi) is 8.60. The first-order valence-corrected chi connectivity index (χ1v) is 16.0. The van der Waals surface area contributed by atoms with Crippen LogP contribution in [0.4, 0.5) is 33.5 Å². The van der Waals surface area contributed by atoms with Gasteiger partial charge in [-0.2, -0.15) is 18.2 Å². The third-order valence-corrected chi connectivity index (χ3v) is 9.21. The number of anilines is 2. The van der Waals surface area contributed by atoms with Gasteiger partial charge in [-0.15, -0.1) is 0 Å². The quantitative estimate of drug-likeness (QED) is 0.216. The highest BCUT2D eigenvalue weighted by atomic mass is 32.2. The van der Waals surface area contributed by atoms with Gasteiger partial charge >= 0.3 is 11.9 Å². The molecule has 0 radical (unpaired) electrons. The van der Waals surface area contributed by atoms with Gasteiger partial charge in [0, 0.05) is 32.7 Å². The average molecular weight is 677 g/mol. The molecule has 1 aliphatic heterocycles. The van der Waals surface area contributed by atoms with Crippen molar-refractivity contribution >= 4 is 38.5 Å². The molecule has 1 fully saturated rings. The predicted molar refractivity (Wildman–Crippen MR) is 167 cm³/mol. The standard InChI is InChI=1S/C31H29F5N6O4S/c1-6-24(43)40-13-14-41(18(3)16-40)28-19-15-22(33)26(25-20(31(34,35)36)10-8-11-21(25)32)37-29(19)42(30(44)38-28)27-17(2)9-7-12-23(27)39(4)47(5,45)46/h6-12,15,18H,1,13-14,16H2,2-5H3/t18-/m0/s1. The number of fused-ring (bicyclic) bond motifs is 1. The van der Waals surface area contributed by atoms with Gasteiger partial charge in [-0.05, 0) is 49.8 Å². The Hall–Kier alpha value is -4.86. The molecule has 0 aliphatic carbocycles. The molecule has 5 rings (SSSR count). The predicted octanol–water partition coefficient (Wildman–Crippen LogP) is 4.67. The summed E-state index contributed by atoms with van der Waals surface area (Å²) in [7, 11) is -2.67. The number of hydrogen-bond donors (Lipinski definition) is 0. The number of alkyl halides is 3. The summed E-state index contributed by atoms with van der Waals surface area (Å²) in [5.41, 5.74) is -4.80. The van der Waals surface area contributed by atoms with E-state index < -0.39 is 62.0 Å². The number of para-hydroxylation sites is 1. The lowest BCUT2D eigenvalue weighted by atomic mass is 10.0. The molecular formula is C31H29F5N6O4S. The highest BCUT2D eigenvalue weighted by molar-refractivity contribution is 7.92. The van der Waals surface area contributed by atoms with Gasteiger partial charge in [0.15, 0.2) is 11.5 Å². The van der Waals surface area contributed by atoms with Gasteiger partial charge < -0.3 is 9.80 Å². The van der Waals surface area contributed by atoms with Gasteiger partial charge in [0.2, 0.25) is 15.9 Å². The summed E-state index contributed by atoms with van der Waals surface area (Å²) >= 11 is 0. The Morgan fingerprint density at radius 3 is 2.38 bits per heavy atom. The molecule has 47 heavy (non-hydrogen) atoms. The largest absolute Gasteiger partial charge is 0.417 e. The maximum atomic E-state index is 16.0. The van der Waals surface area contributed by atoms with Crippen molar-refractivity contribution in [3.05, 3.63) is 88.4 Å². The Morgan fingerprint density at radius 1 is 1.09 bits per heavy atom. The fraction of sp³-hybridized carbons (Fsp3) is 0.290. The first kappa shape index (κ1) is 33.5. The topological polar surface area (TPSA) is 109 Å². The van der Waals surface area contributed by atoms with Crippen LogP contribution in [-0.4, -0.2) is 72.7 Å². The summed E-state index contributed by atoms with van der Waals surface area (Å²) in [6.07, 6.45) is -3.01. The summed E-state index contributed by atoms with van der Waals surface area (Å²) in [5, 5.41) is -0.123. The summed E-state index contributed by atoms with van der Waals surface area (Å²) < 4.78 is 100. The summed E-state index contributed by atoms with van der Waals surface area (Å²) in [4.78, 5) is 37.9. The van der Waals surface area contributed by atoms with E-state index in [0.29, 0.717) is 11.6 Å². The van der Waals surface area contributed by atoms with Crippen LogP contribution < -0.4 is 14.9 Å². The van der Waals surface area contributed by atoms with Crippen LogP contribution in [0.2, 0.25) is 0 Å². The molecule has 16 heteroatoms. The van der Waals surface area contributed by atoms with Crippen molar-refractivity contribution in [2.24, 2.45) is 0 Å². The minimum absolute atomic E-state index is 0.00934. The van der Waals surface area contributed by atoms with Crippen molar-refractivity contribution in [1.82, 2.24) is 19.4 Å². The molecule has 0 N–H and O–H groups in total. The van der Waals surface area contributed by atoms with Crippen LogP contribution in [0.5, 0.6) is 0 Å². The van der Waals surface area contributed by atoms with E-state index in [2.05, 4.69) is 16.5 Å². The Balaban J connectivity index is 1.89. The van der Waals surface area contributed by atoms with Gasteiger partial charge in [-0.3, -0.25) is 9.10 Å². The van der Waals surface area contributed by atoms with Gasteiger partial charge in [0.05, 0.1) is 34.1 Å². The Bertz CT molecular complexity index is 2100. The van der Waals surface area contributed by atoms with E-state index in [1.54, 1.807) is 24.8 Å². The van der Waals surface area contributed by atoms with E-state index in [-0.39, 0.29) is 48.1 Å². The third-order valence-electron chi connectivity index (χ3n) is 8.02. The molecule has 1 saturated heterocycles. The lowest BCUT2D eigenvalue weighted by molar-refractivity contribution is -0.137. The van der Waals surface area contributed by atoms with Crippen LogP contribution in [-0.2, 0) is 21.0 Å². The van der Waals surface area contributed by atoms with E-state index in [9.17, 15) is 31.2 Å². The molecule has 4 aromatic rings. The maximum Gasteiger partial charge on any atom is 0.417 e. The number of amides is 1. The molecule has 2 aromatic heterocycles. The molecule has 0 unspecified atom stereocenters. The zero-order valence-electron chi connectivity index (χ0n) is 25.6. The zero-order chi connectivity index (χ0) is 34.6. The molecule has 1 amide bonds. The highest BCUT2D eigenvalue weighted by Gasteiger charge is 2.37. The molecule has 1 aliphatic rings. The number of pyridine rings is 1. The number of carbonyl (C=O) groups excluding carboxylic acids is 1. The lowest BCUT2D eigenvalue weighted by Gasteiger charge is -2.40. The second kappa shape index (κ2) is 12.1. The lowest BCUT2D eigenvalue weighted by Crippen LogP contribution is -2.54. The van der Waals surface area contributed by atoms with Crippen molar-refractivity contribution in [1.29, 1.82) is 0 Å². The molecule has 0 saturated carbocycles. The molecule has 10 nitrogen and oxygen atoms in total. The van der Waals surface area contributed by atoms with Crippen molar-refractivity contribution in [3.8, 4) is 16.9 Å². The number of rotatable bonds is 6. The number of hydrogen-bond acceptors (Lipinski definition) is 7. The minimum Gasteiger partial charge on any atom is -0.350 e. The van der Waals surface area contributed by atoms with Gasteiger partial charge in [-0.25, -0.2) is 31.5 Å². The van der Waals surface area contributed by atoms with Crippen LogP contribution in [0, 0.1) is 18.6 Å².